The van der Waals surface area contributed by atoms with E-state index in [2.05, 4.69) is 0 Å². The summed E-state index contributed by atoms with van der Waals surface area (Å²) in [5.41, 5.74) is 2.12. The van der Waals surface area contributed by atoms with E-state index in [9.17, 15) is 9.90 Å². The van der Waals surface area contributed by atoms with E-state index < -0.39 is 0 Å². The average Bonchev–Trinajstić information content (AvgIpc) is 2.43. The lowest BCUT2D eigenvalue weighted by molar-refractivity contribution is 0.0985. The van der Waals surface area contributed by atoms with Crippen LogP contribution in [0.15, 0.2) is 48.5 Å². The molecule has 0 aliphatic rings. The molecule has 0 aliphatic carbocycles. The number of anilines is 1. The molecule has 0 aliphatic heterocycles. The molecule has 0 saturated heterocycles. The van der Waals surface area contributed by atoms with Gasteiger partial charge >= 0.3 is 0 Å². The molecule has 0 radical (unpaired) electrons. The van der Waals surface area contributed by atoms with Crippen LogP contribution >= 0.6 is 0 Å². The second-order valence-corrected chi connectivity index (χ2v) is 4.41. The normalized spacial score (nSPS) is 10.2. The van der Waals surface area contributed by atoms with Crippen LogP contribution in [0, 0.1) is 6.92 Å². The Balaban J connectivity index is 2.39. The predicted octanol–water partition coefficient (Wildman–Crippen LogP) is 3.37. The van der Waals surface area contributed by atoms with Crippen LogP contribution in [0.5, 0.6) is 5.75 Å². The Morgan fingerprint density at radius 1 is 1.16 bits per heavy atom. The largest absolute Gasteiger partial charge is 0.507 e. The molecule has 1 N–H and O–H groups in total. The highest BCUT2D eigenvalue weighted by Crippen LogP contribution is 2.23. The number of para-hydroxylation sites is 1. The maximum atomic E-state index is 12.5. The third kappa shape index (κ3) is 2.76. The van der Waals surface area contributed by atoms with E-state index in [1.54, 1.807) is 23.1 Å². The van der Waals surface area contributed by atoms with Crippen molar-refractivity contribution in [3.63, 3.8) is 0 Å². The molecule has 0 fully saturated rings. The molecule has 1 amide bonds. The summed E-state index contributed by atoms with van der Waals surface area (Å²) in [5, 5.41) is 9.85. The summed E-state index contributed by atoms with van der Waals surface area (Å²) < 4.78 is 0. The van der Waals surface area contributed by atoms with Crippen molar-refractivity contribution in [3.05, 3.63) is 59.7 Å². The van der Waals surface area contributed by atoms with Crippen molar-refractivity contribution in [2.45, 2.75) is 13.8 Å². The fraction of sp³-hybridized carbons (Fsp3) is 0.188. The quantitative estimate of drug-likeness (QED) is 0.913. The SMILES string of the molecule is CCN(C(=O)c1cc(C)ccc1O)c1ccccc1. The third-order valence-corrected chi connectivity index (χ3v) is 3.01. The highest BCUT2D eigenvalue weighted by molar-refractivity contribution is 6.07. The molecule has 0 unspecified atom stereocenters. The van der Waals surface area contributed by atoms with Gasteiger partial charge in [0.1, 0.15) is 5.75 Å². The first-order chi connectivity index (χ1) is 9.13. The molecule has 2 rings (SSSR count). The molecule has 0 spiro atoms. The Hall–Kier alpha value is -2.29. The summed E-state index contributed by atoms with van der Waals surface area (Å²) in [7, 11) is 0. The zero-order valence-corrected chi connectivity index (χ0v) is 11.1. The maximum absolute atomic E-state index is 12.5. The van der Waals surface area contributed by atoms with Gasteiger partial charge in [0.25, 0.3) is 5.91 Å². The molecule has 0 bridgehead atoms. The molecule has 0 atom stereocenters. The lowest BCUT2D eigenvalue weighted by Gasteiger charge is -2.21. The molecule has 2 aromatic carbocycles. The number of rotatable bonds is 3. The Morgan fingerprint density at radius 3 is 2.47 bits per heavy atom. The van der Waals surface area contributed by atoms with E-state index in [1.807, 2.05) is 44.2 Å². The number of nitrogens with zero attached hydrogens (tertiary/aromatic N) is 1. The topological polar surface area (TPSA) is 40.5 Å². The summed E-state index contributed by atoms with van der Waals surface area (Å²) >= 11 is 0. The van der Waals surface area contributed by atoms with E-state index in [4.69, 9.17) is 0 Å². The van der Waals surface area contributed by atoms with Gasteiger partial charge in [-0.05, 0) is 38.1 Å². The summed E-state index contributed by atoms with van der Waals surface area (Å²) in [4.78, 5) is 14.2. The van der Waals surface area contributed by atoms with Gasteiger partial charge in [0.2, 0.25) is 0 Å². The van der Waals surface area contributed by atoms with E-state index in [-0.39, 0.29) is 11.7 Å². The van der Waals surface area contributed by atoms with E-state index in [0.29, 0.717) is 12.1 Å². The van der Waals surface area contributed by atoms with Crippen LogP contribution in [0.3, 0.4) is 0 Å². The smallest absolute Gasteiger partial charge is 0.262 e. The fourth-order valence-corrected chi connectivity index (χ4v) is 2.02. The molecule has 0 aromatic heterocycles. The molecular weight excluding hydrogens is 238 g/mol. The van der Waals surface area contributed by atoms with Crippen molar-refractivity contribution in [2.75, 3.05) is 11.4 Å². The zero-order valence-electron chi connectivity index (χ0n) is 11.1. The van der Waals surface area contributed by atoms with Crippen LogP contribution in [0.25, 0.3) is 0 Å². The lowest BCUT2D eigenvalue weighted by Crippen LogP contribution is -2.30. The van der Waals surface area contributed by atoms with Gasteiger partial charge in [-0.2, -0.15) is 0 Å². The minimum absolute atomic E-state index is 0.0185. The Labute approximate surface area is 113 Å². The summed E-state index contributed by atoms with van der Waals surface area (Å²) in [5.74, 6) is -0.167. The third-order valence-electron chi connectivity index (χ3n) is 3.01. The van der Waals surface area contributed by atoms with Crippen molar-refractivity contribution < 1.29 is 9.90 Å². The number of amides is 1. The van der Waals surface area contributed by atoms with Crippen LogP contribution in [0.4, 0.5) is 5.69 Å². The van der Waals surface area contributed by atoms with Crippen LogP contribution in [0.2, 0.25) is 0 Å². The van der Waals surface area contributed by atoms with Gasteiger partial charge in [0, 0.05) is 12.2 Å². The van der Waals surface area contributed by atoms with E-state index in [1.165, 1.54) is 0 Å². The highest BCUT2D eigenvalue weighted by Gasteiger charge is 2.19. The molecule has 0 saturated carbocycles. The molecule has 19 heavy (non-hydrogen) atoms. The number of aromatic hydroxyl groups is 1. The van der Waals surface area contributed by atoms with Crippen LogP contribution in [-0.4, -0.2) is 17.6 Å². The van der Waals surface area contributed by atoms with Gasteiger partial charge in [-0.1, -0.05) is 29.8 Å². The number of benzene rings is 2. The molecule has 3 heteroatoms. The summed E-state index contributed by atoms with van der Waals surface area (Å²) in [6.45, 7) is 4.36. The average molecular weight is 255 g/mol. The van der Waals surface area contributed by atoms with Crippen molar-refractivity contribution in [3.8, 4) is 5.75 Å². The molecule has 2 aromatic rings. The number of carbonyl (C=O) groups excluding carboxylic acids is 1. The molecule has 3 nitrogen and oxygen atoms in total. The number of hydrogen-bond acceptors (Lipinski definition) is 2. The van der Waals surface area contributed by atoms with E-state index >= 15 is 0 Å². The first-order valence-electron chi connectivity index (χ1n) is 6.30. The highest BCUT2D eigenvalue weighted by atomic mass is 16.3. The van der Waals surface area contributed by atoms with Crippen LogP contribution in [0.1, 0.15) is 22.8 Å². The van der Waals surface area contributed by atoms with Gasteiger partial charge in [-0.15, -0.1) is 0 Å². The number of hydrogen-bond donors (Lipinski definition) is 1. The Bertz CT molecular complexity index is 579. The van der Waals surface area contributed by atoms with E-state index in [0.717, 1.165) is 11.3 Å². The first-order valence-corrected chi connectivity index (χ1v) is 6.30. The van der Waals surface area contributed by atoms with Crippen LogP contribution < -0.4 is 4.90 Å². The Kier molecular flexibility index (Phi) is 3.85. The van der Waals surface area contributed by atoms with Gasteiger partial charge in [0.15, 0.2) is 0 Å². The summed E-state index contributed by atoms with van der Waals surface area (Å²) in [6, 6.07) is 14.5. The fourth-order valence-electron chi connectivity index (χ4n) is 2.02. The first kappa shape index (κ1) is 13.1. The predicted molar refractivity (Wildman–Crippen MR) is 76.6 cm³/mol. The molecular formula is C16H17NO2. The Morgan fingerprint density at radius 2 is 1.84 bits per heavy atom. The monoisotopic (exact) mass is 255 g/mol. The van der Waals surface area contributed by atoms with Crippen molar-refractivity contribution in [2.24, 2.45) is 0 Å². The van der Waals surface area contributed by atoms with Gasteiger partial charge in [-0.3, -0.25) is 4.79 Å². The maximum Gasteiger partial charge on any atom is 0.262 e. The minimum Gasteiger partial charge on any atom is -0.507 e. The van der Waals surface area contributed by atoms with Crippen molar-refractivity contribution >= 4 is 11.6 Å². The standard InChI is InChI=1S/C16H17NO2/c1-3-17(13-7-5-4-6-8-13)16(19)14-11-12(2)9-10-15(14)18/h4-11,18H,3H2,1-2H3. The molecule has 0 heterocycles. The van der Waals surface area contributed by atoms with Gasteiger partial charge in [-0.25, -0.2) is 0 Å². The zero-order chi connectivity index (χ0) is 13.8. The number of aryl methyl sites for hydroxylation is 1. The summed E-state index contributed by atoms with van der Waals surface area (Å²) in [6.07, 6.45) is 0. The van der Waals surface area contributed by atoms with Gasteiger partial charge < -0.3 is 10.0 Å². The van der Waals surface area contributed by atoms with Crippen LogP contribution in [-0.2, 0) is 0 Å². The second-order valence-electron chi connectivity index (χ2n) is 4.41. The number of carbonyl (C=O) groups is 1. The van der Waals surface area contributed by atoms with Crippen molar-refractivity contribution in [1.29, 1.82) is 0 Å². The van der Waals surface area contributed by atoms with Gasteiger partial charge in [0.05, 0.1) is 5.56 Å². The lowest BCUT2D eigenvalue weighted by atomic mass is 10.1. The van der Waals surface area contributed by atoms with Crippen molar-refractivity contribution in [1.82, 2.24) is 0 Å². The number of phenols is 1. The minimum atomic E-state index is -0.185. The second kappa shape index (κ2) is 5.57. The molecule has 98 valence electrons. The number of phenolic OH excluding ortho intramolecular Hbond substituents is 1.